The van der Waals surface area contributed by atoms with Gasteiger partial charge in [-0.25, -0.2) is 4.68 Å². The predicted molar refractivity (Wildman–Crippen MR) is 70.1 cm³/mol. The average Bonchev–Trinajstić information content (AvgIpc) is 2.61. The number of hydrogen-bond acceptors (Lipinski definition) is 3. The number of halogens is 3. The number of carbonyl (C=O) groups is 1. The zero-order valence-corrected chi connectivity index (χ0v) is 11.2. The largest absolute Gasteiger partial charge is 0.323 e. The van der Waals surface area contributed by atoms with Crippen LogP contribution in [-0.4, -0.2) is 20.7 Å². The lowest BCUT2D eigenvalue weighted by Gasteiger charge is -2.06. The number of hydrogen-bond donors (Lipinski definition) is 1. The van der Waals surface area contributed by atoms with E-state index in [0.29, 0.717) is 10.7 Å². The Balaban J connectivity index is 2.06. The van der Waals surface area contributed by atoms with Gasteiger partial charge in [-0.15, -0.1) is 5.10 Å². The molecule has 0 unspecified atom stereocenters. The second-order valence-corrected chi connectivity index (χ2v) is 4.42. The fourth-order valence-electron chi connectivity index (χ4n) is 1.29. The van der Waals surface area contributed by atoms with Gasteiger partial charge >= 0.3 is 0 Å². The van der Waals surface area contributed by atoms with Crippen molar-refractivity contribution in [1.29, 1.82) is 0 Å². The van der Waals surface area contributed by atoms with Crippen molar-refractivity contribution in [2.24, 2.45) is 0 Å². The lowest BCUT2D eigenvalue weighted by Crippen LogP contribution is -2.19. The van der Waals surface area contributed by atoms with E-state index in [1.807, 2.05) is 0 Å². The zero-order valence-electron chi connectivity index (χ0n) is 8.90. The molecule has 0 aliphatic heterocycles. The van der Waals surface area contributed by atoms with Gasteiger partial charge in [0.15, 0.2) is 0 Å². The van der Waals surface area contributed by atoms with Crippen LogP contribution >= 0.6 is 34.8 Å². The van der Waals surface area contributed by atoms with Crippen molar-refractivity contribution < 1.29 is 4.79 Å². The molecular weight excluding hydrogens is 298 g/mol. The Hall–Kier alpha value is -1.30. The summed E-state index contributed by atoms with van der Waals surface area (Å²) in [4.78, 5) is 15.4. The fraction of sp³-hybridized carbons (Fsp3) is 0.100. The summed E-state index contributed by atoms with van der Waals surface area (Å²) in [5.74, 6) is -0.327. The molecule has 1 amide bonds. The first-order valence-corrected chi connectivity index (χ1v) is 6.00. The number of rotatable bonds is 3. The topological polar surface area (TPSA) is 59.8 Å². The van der Waals surface area contributed by atoms with Gasteiger partial charge in [-0.1, -0.05) is 23.7 Å². The van der Waals surface area contributed by atoms with Gasteiger partial charge in [0.1, 0.15) is 6.54 Å². The lowest BCUT2D eigenvalue weighted by molar-refractivity contribution is -0.116. The van der Waals surface area contributed by atoms with E-state index in [1.165, 1.54) is 4.68 Å². The minimum absolute atomic E-state index is 0.00876. The van der Waals surface area contributed by atoms with Crippen molar-refractivity contribution >= 4 is 46.4 Å². The molecule has 8 heteroatoms. The number of nitrogens with one attached hydrogen (secondary N) is 1. The molecule has 0 bridgehead atoms. The van der Waals surface area contributed by atoms with E-state index in [2.05, 4.69) is 15.4 Å². The molecule has 0 aliphatic carbocycles. The van der Waals surface area contributed by atoms with Crippen molar-refractivity contribution in [2.45, 2.75) is 6.54 Å². The smallest absolute Gasteiger partial charge is 0.246 e. The van der Waals surface area contributed by atoms with Crippen molar-refractivity contribution in [2.75, 3.05) is 5.32 Å². The molecule has 5 nitrogen and oxygen atoms in total. The molecule has 1 aromatic heterocycles. The molecule has 0 aliphatic rings. The molecule has 94 valence electrons. The number of carbonyl (C=O) groups excluding carboxylic acids is 1. The second-order valence-electron chi connectivity index (χ2n) is 3.34. The molecule has 1 N–H and O–H groups in total. The van der Waals surface area contributed by atoms with Crippen LogP contribution in [0.3, 0.4) is 0 Å². The van der Waals surface area contributed by atoms with Crippen molar-refractivity contribution in [3.05, 3.63) is 39.9 Å². The monoisotopic (exact) mass is 304 g/mol. The van der Waals surface area contributed by atoms with Crippen LogP contribution in [0.5, 0.6) is 0 Å². The van der Waals surface area contributed by atoms with Gasteiger partial charge in [-0.3, -0.25) is 4.79 Å². The van der Waals surface area contributed by atoms with Crippen LogP contribution < -0.4 is 5.32 Å². The Morgan fingerprint density at radius 2 is 2.00 bits per heavy atom. The van der Waals surface area contributed by atoms with Gasteiger partial charge in [-0.2, -0.15) is 4.98 Å². The van der Waals surface area contributed by atoms with Gasteiger partial charge in [-0.05, 0) is 35.3 Å². The summed E-state index contributed by atoms with van der Waals surface area (Å²) < 4.78 is 1.19. The van der Waals surface area contributed by atoms with Crippen molar-refractivity contribution in [3.63, 3.8) is 0 Å². The van der Waals surface area contributed by atoms with Crippen molar-refractivity contribution in [1.82, 2.24) is 14.8 Å². The Morgan fingerprint density at radius 1 is 1.28 bits per heavy atom. The second kappa shape index (κ2) is 5.56. The Morgan fingerprint density at radius 3 is 2.61 bits per heavy atom. The summed E-state index contributed by atoms with van der Waals surface area (Å²) in [5, 5.41) is 6.89. The molecule has 0 fully saturated rings. The first-order chi connectivity index (χ1) is 8.56. The van der Waals surface area contributed by atoms with Crippen LogP contribution in [0.2, 0.25) is 15.6 Å². The average molecular weight is 306 g/mol. The van der Waals surface area contributed by atoms with E-state index in [1.54, 1.807) is 24.3 Å². The van der Waals surface area contributed by atoms with E-state index >= 15 is 0 Å². The minimum atomic E-state index is -0.327. The Labute approximate surface area is 118 Å². The van der Waals surface area contributed by atoms with Gasteiger partial charge in [0.2, 0.25) is 16.5 Å². The third kappa shape index (κ3) is 3.13. The van der Waals surface area contributed by atoms with Crippen LogP contribution in [0.15, 0.2) is 24.3 Å². The molecule has 0 saturated heterocycles. The van der Waals surface area contributed by atoms with Gasteiger partial charge in [0, 0.05) is 0 Å². The molecular formula is C10H7Cl3N4O. The summed E-state index contributed by atoms with van der Waals surface area (Å²) in [7, 11) is 0. The molecule has 2 aromatic rings. The zero-order chi connectivity index (χ0) is 13.1. The number of nitrogens with zero attached hydrogens (tertiary/aromatic N) is 3. The number of aromatic nitrogens is 3. The molecule has 18 heavy (non-hydrogen) atoms. The summed E-state index contributed by atoms with van der Waals surface area (Å²) in [6.45, 7) is -0.0935. The summed E-state index contributed by atoms with van der Waals surface area (Å²) in [5.41, 5.74) is 0.520. The standard InChI is InChI=1S/C10H7Cl3N4O/c11-6-3-1-2-4-7(6)14-8(18)5-17-10(13)15-9(12)16-17/h1-4H,5H2,(H,14,18). The molecule has 2 rings (SSSR count). The number of amides is 1. The van der Waals surface area contributed by atoms with E-state index in [9.17, 15) is 4.79 Å². The number of benzene rings is 1. The minimum Gasteiger partial charge on any atom is -0.323 e. The maximum Gasteiger partial charge on any atom is 0.246 e. The van der Waals surface area contributed by atoms with E-state index < -0.39 is 0 Å². The molecule has 1 aromatic carbocycles. The quantitative estimate of drug-likeness (QED) is 0.948. The summed E-state index contributed by atoms with van der Waals surface area (Å²) >= 11 is 17.2. The van der Waals surface area contributed by atoms with Crippen LogP contribution in [0, 0.1) is 0 Å². The normalized spacial score (nSPS) is 10.4. The van der Waals surface area contributed by atoms with Crippen molar-refractivity contribution in [3.8, 4) is 0 Å². The summed E-state index contributed by atoms with van der Waals surface area (Å²) in [6.07, 6.45) is 0. The molecule has 0 radical (unpaired) electrons. The van der Waals surface area contributed by atoms with E-state index in [-0.39, 0.29) is 23.0 Å². The SMILES string of the molecule is O=C(Cn1nc(Cl)nc1Cl)Nc1ccccc1Cl. The first kappa shape index (κ1) is 13.1. The Bertz CT molecular complexity index is 584. The van der Waals surface area contributed by atoms with Crippen LogP contribution in [-0.2, 0) is 11.3 Å². The predicted octanol–water partition coefficient (Wildman–Crippen LogP) is 2.88. The highest BCUT2D eigenvalue weighted by Crippen LogP contribution is 2.20. The highest BCUT2D eigenvalue weighted by molar-refractivity contribution is 6.33. The highest BCUT2D eigenvalue weighted by atomic mass is 35.5. The molecule has 1 heterocycles. The maximum atomic E-state index is 11.7. The Kier molecular flexibility index (Phi) is 4.06. The van der Waals surface area contributed by atoms with E-state index in [0.717, 1.165) is 0 Å². The third-order valence-corrected chi connectivity index (χ3v) is 2.81. The maximum absolute atomic E-state index is 11.7. The molecule has 0 spiro atoms. The third-order valence-electron chi connectivity index (χ3n) is 2.04. The van der Waals surface area contributed by atoms with Gasteiger partial charge in [0.25, 0.3) is 0 Å². The lowest BCUT2D eigenvalue weighted by atomic mass is 10.3. The van der Waals surface area contributed by atoms with Gasteiger partial charge < -0.3 is 5.32 Å². The van der Waals surface area contributed by atoms with E-state index in [4.69, 9.17) is 34.8 Å². The summed E-state index contributed by atoms with van der Waals surface area (Å²) in [6, 6.07) is 6.90. The fourth-order valence-corrected chi connectivity index (χ4v) is 1.86. The van der Waals surface area contributed by atoms with Crippen LogP contribution in [0.1, 0.15) is 0 Å². The number of anilines is 1. The van der Waals surface area contributed by atoms with Gasteiger partial charge in [0.05, 0.1) is 10.7 Å². The van der Waals surface area contributed by atoms with Crippen LogP contribution in [0.25, 0.3) is 0 Å². The first-order valence-electron chi connectivity index (χ1n) is 4.86. The highest BCUT2D eigenvalue weighted by Gasteiger charge is 2.11. The number of para-hydroxylation sites is 1. The molecule has 0 atom stereocenters. The van der Waals surface area contributed by atoms with Crippen LogP contribution in [0.4, 0.5) is 5.69 Å². The molecule has 0 saturated carbocycles.